The molecule has 4 aliphatic rings. The SMILES string of the molecule is CCc1nnc2n1N=C(C1CCC([N+](=O)[O-])CC1)C1CC3OCOC3CC1C2. The minimum atomic E-state index is -0.405. The van der Waals surface area contributed by atoms with Crippen LogP contribution in [0.25, 0.3) is 0 Å². The van der Waals surface area contributed by atoms with Crippen molar-refractivity contribution < 1.29 is 14.4 Å². The van der Waals surface area contributed by atoms with Gasteiger partial charge in [-0.15, -0.1) is 10.2 Å². The second-order valence-electron chi connectivity index (χ2n) is 8.58. The molecule has 2 aliphatic heterocycles. The molecule has 0 N–H and O–H groups in total. The summed E-state index contributed by atoms with van der Waals surface area (Å²) in [6, 6.07) is -0.405. The number of rotatable bonds is 3. The van der Waals surface area contributed by atoms with E-state index in [2.05, 4.69) is 17.1 Å². The predicted molar refractivity (Wildman–Crippen MR) is 99.5 cm³/mol. The normalized spacial score (nSPS) is 37.4. The van der Waals surface area contributed by atoms with Gasteiger partial charge in [-0.05, 0) is 37.5 Å². The van der Waals surface area contributed by atoms with E-state index < -0.39 is 6.04 Å². The van der Waals surface area contributed by atoms with Gasteiger partial charge in [-0.1, -0.05) is 6.92 Å². The van der Waals surface area contributed by atoms with Gasteiger partial charge < -0.3 is 9.47 Å². The molecule has 152 valence electrons. The Morgan fingerprint density at radius 3 is 2.61 bits per heavy atom. The maximum Gasteiger partial charge on any atom is 0.213 e. The second kappa shape index (κ2) is 7.18. The molecule has 0 radical (unpaired) electrons. The molecule has 2 saturated carbocycles. The highest BCUT2D eigenvalue weighted by molar-refractivity contribution is 5.89. The summed E-state index contributed by atoms with van der Waals surface area (Å²) < 4.78 is 13.6. The Morgan fingerprint density at radius 2 is 1.89 bits per heavy atom. The predicted octanol–water partition coefficient (Wildman–Crippen LogP) is 2.20. The molecule has 3 fully saturated rings. The number of ether oxygens (including phenoxy) is 2. The third-order valence-corrected chi connectivity index (χ3v) is 7.11. The average Bonchev–Trinajstić information content (AvgIpc) is 3.28. The first-order valence-corrected chi connectivity index (χ1v) is 10.5. The summed E-state index contributed by atoms with van der Waals surface area (Å²) in [5.74, 6) is 2.84. The Hall–Kier alpha value is -1.87. The summed E-state index contributed by atoms with van der Waals surface area (Å²) >= 11 is 0. The van der Waals surface area contributed by atoms with Crippen molar-refractivity contribution >= 4 is 5.71 Å². The summed E-state index contributed by atoms with van der Waals surface area (Å²) in [5.41, 5.74) is 1.19. The van der Waals surface area contributed by atoms with Crippen LogP contribution in [0.4, 0.5) is 0 Å². The fraction of sp³-hybridized carbons (Fsp3) is 0.842. The Morgan fingerprint density at radius 1 is 1.14 bits per heavy atom. The van der Waals surface area contributed by atoms with Crippen LogP contribution in [0.1, 0.15) is 57.1 Å². The van der Waals surface area contributed by atoms with Crippen molar-refractivity contribution in [3.63, 3.8) is 0 Å². The molecule has 28 heavy (non-hydrogen) atoms. The molecule has 3 heterocycles. The van der Waals surface area contributed by atoms with E-state index in [1.54, 1.807) is 0 Å². The van der Waals surface area contributed by atoms with Crippen LogP contribution in [-0.4, -0.2) is 50.6 Å². The molecule has 4 unspecified atom stereocenters. The van der Waals surface area contributed by atoms with E-state index in [0.29, 0.717) is 37.4 Å². The molecule has 0 bridgehead atoms. The maximum absolute atomic E-state index is 11.2. The molecule has 2 aliphatic carbocycles. The number of hydrogen-bond acceptors (Lipinski definition) is 7. The summed E-state index contributed by atoms with van der Waals surface area (Å²) in [4.78, 5) is 11.1. The van der Waals surface area contributed by atoms with Crippen molar-refractivity contribution in [2.75, 3.05) is 6.79 Å². The standard InChI is InChI=1S/C19H27N5O4/c1-2-17-20-21-18-8-12-7-15-16(28-10-27-15)9-14(12)19(22-23(17)18)11-3-5-13(6-4-11)24(25)26/h11-16H,2-10H2,1H3. The molecular weight excluding hydrogens is 362 g/mol. The van der Waals surface area contributed by atoms with Crippen LogP contribution >= 0.6 is 0 Å². The van der Waals surface area contributed by atoms with Gasteiger partial charge >= 0.3 is 0 Å². The van der Waals surface area contributed by atoms with Crippen molar-refractivity contribution in [1.29, 1.82) is 0 Å². The molecule has 9 heteroatoms. The van der Waals surface area contributed by atoms with Gasteiger partial charge in [0, 0.05) is 42.2 Å². The quantitative estimate of drug-likeness (QED) is 0.580. The first-order chi connectivity index (χ1) is 13.6. The highest BCUT2D eigenvalue weighted by Gasteiger charge is 2.47. The second-order valence-corrected chi connectivity index (χ2v) is 8.58. The maximum atomic E-state index is 11.2. The molecule has 1 aromatic heterocycles. The fourth-order valence-corrected chi connectivity index (χ4v) is 5.56. The smallest absolute Gasteiger partial charge is 0.213 e. The van der Waals surface area contributed by atoms with Gasteiger partial charge in [0.2, 0.25) is 6.04 Å². The lowest BCUT2D eigenvalue weighted by Gasteiger charge is -2.38. The van der Waals surface area contributed by atoms with E-state index in [1.807, 2.05) is 4.68 Å². The molecule has 4 atom stereocenters. The molecule has 0 spiro atoms. The summed E-state index contributed by atoms with van der Waals surface area (Å²) in [6.07, 6.45) is 6.73. The van der Waals surface area contributed by atoms with Crippen molar-refractivity contribution in [3.8, 4) is 0 Å². The first kappa shape index (κ1) is 18.2. The van der Waals surface area contributed by atoms with E-state index >= 15 is 0 Å². The zero-order valence-corrected chi connectivity index (χ0v) is 16.2. The first-order valence-electron chi connectivity index (χ1n) is 10.5. The monoisotopic (exact) mass is 389 g/mol. The number of nitrogens with zero attached hydrogens (tertiary/aromatic N) is 5. The molecule has 9 nitrogen and oxygen atoms in total. The largest absolute Gasteiger partial charge is 0.349 e. The summed E-state index contributed by atoms with van der Waals surface area (Å²) in [7, 11) is 0. The fourth-order valence-electron chi connectivity index (χ4n) is 5.56. The van der Waals surface area contributed by atoms with Crippen LogP contribution < -0.4 is 0 Å². The Labute approximate surface area is 163 Å². The molecule has 1 aromatic rings. The third kappa shape index (κ3) is 3.04. The lowest BCUT2D eigenvalue weighted by atomic mass is 9.68. The van der Waals surface area contributed by atoms with Crippen LogP contribution in [0.3, 0.4) is 0 Å². The molecular formula is C19H27N5O4. The highest BCUT2D eigenvalue weighted by Crippen LogP contribution is 2.43. The van der Waals surface area contributed by atoms with Crippen LogP contribution in [-0.2, 0) is 22.3 Å². The van der Waals surface area contributed by atoms with E-state index in [9.17, 15) is 10.1 Å². The number of aryl methyl sites for hydroxylation is 1. The minimum Gasteiger partial charge on any atom is -0.349 e. The van der Waals surface area contributed by atoms with Crippen LogP contribution in [0, 0.1) is 27.9 Å². The van der Waals surface area contributed by atoms with E-state index in [0.717, 1.165) is 50.2 Å². The van der Waals surface area contributed by atoms with Gasteiger partial charge in [0.25, 0.3) is 0 Å². The van der Waals surface area contributed by atoms with Crippen molar-refractivity contribution in [3.05, 3.63) is 21.8 Å². The summed E-state index contributed by atoms with van der Waals surface area (Å²) in [5, 5.41) is 25.0. The molecule has 1 saturated heterocycles. The van der Waals surface area contributed by atoms with Gasteiger partial charge in [0.05, 0.1) is 12.2 Å². The lowest BCUT2D eigenvalue weighted by molar-refractivity contribution is -0.526. The number of fused-ring (bicyclic) bond motifs is 3. The van der Waals surface area contributed by atoms with E-state index in [1.165, 1.54) is 5.71 Å². The van der Waals surface area contributed by atoms with E-state index in [-0.39, 0.29) is 17.1 Å². The van der Waals surface area contributed by atoms with Gasteiger partial charge in [-0.25, -0.2) is 4.68 Å². The van der Waals surface area contributed by atoms with Gasteiger partial charge in [0.1, 0.15) is 6.79 Å². The van der Waals surface area contributed by atoms with E-state index in [4.69, 9.17) is 14.6 Å². The number of aromatic nitrogens is 3. The van der Waals surface area contributed by atoms with Gasteiger partial charge in [-0.2, -0.15) is 5.10 Å². The van der Waals surface area contributed by atoms with Crippen LogP contribution in [0.15, 0.2) is 5.10 Å². The van der Waals surface area contributed by atoms with Gasteiger partial charge in [-0.3, -0.25) is 10.1 Å². The molecule has 0 aromatic carbocycles. The van der Waals surface area contributed by atoms with Crippen molar-refractivity contribution in [2.45, 2.75) is 76.5 Å². The zero-order chi connectivity index (χ0) is 19.3. The van der Waals surface area contributed by atoms with Crippen molar-refractivity contribution in [1.82, 2.24) is 14.9 Å². The third-order valence-electron chi connectivity index (χ3n) is 7.11. The zero-order valence-electron chi connectivity index (χ0n) is 16.2. The van der Waals surface area contributed by atoms with Crippen molar-refractivity contribution in [2.24, 2.45) is 22.9 Å². The molecule has 5 rings (SSSR count). The Kier molecular flexibility index (Phi) is 4.66. The topological polar surface area (TPSA) is 105 Å². The number of nitro groups is 1. The average molecular weight is 389 g/mol. The molecule has 0 amide bonds. The minimum absolute atomic E-state index is 0.115. The highest BCUT2D eigenvalue weighted by atomic mass is 16.7. The Bertz CT molecular complexity index is 785. The Balaban J connectivity index is 1.48. The summed E-state index contributed by atoms with van der Waals surface area (Å²) in [6.45, 7) is 2.45. The van der Waals surface area contributed by atoms with Gasteiger partial charge in [0.15, 0.2) is 11.6 Å². The van der Waals surface area contributed by atoms with Crippen LogP contribution in [0.2, 0.25) is 0 Å². The number of hydrogen-bond donors (Lipinski definition) is 0. The lowest BCUT2D eigenvalue weighted by Crippen LogP contribution is -2.43. The van der Waals surface area contributed by atoms with Crippen LogP contribution in [0.5, 0.6) is 0 Å².